The van der Waals surface area contributed by atoms with Gasteiger partial charge in [-0.15, -0.1) is 0 Å². The molecule has 4 atom stereocenters. The zero-order chi connectivity index (χ0) is 26.3. The molecule has 37 heavy (non-hydrogen) atoms. The number of carbonyl (C=O) groups excluding carboxylic acids is 2. The Morgan fingerprint density at radius 2 is 1.89 bits per heavy atom. The van der Waals surface area contributed by atoms with Gasteiger partial charge in [0.05, 0.1) is 17.8 Å². The Morgan fingerprint density at radius 1 is 1.16 bits per heavy atom. The number of hydrogen-bond acceptors (Lipinski definition) is 5. The van der Waals surface area contributed by atoms with E-state index in [0.717, 1.165) is 46.9 Å². The minimum Gasteiger partial charge on any atom is -0.444 e. The van der Waals surface area contributed by atoms with Crippen molar-refractivity contribution < 1.29 is 14.3 Å². The number of likely N-dealkylation sites (tertiary alicyclic amines) is 1. The van der Waals surface area contributed by atoms with Gasteiger partial charge in [-0.05, 0) is 74.8 Å². The van der Waals surface area contributed by atoms with Gasteiger partial charge in [0.15, 0.2) is 0 Å². The molecule has 2 bridgehead atoms. The van der Waals surface area contributed by atoms with Crippen LogP contribution in [0.3, 0.4) is 0 Å². The minimum absolute atomic E-state index is 0.0227. The average Bonchev–Trinajstić information content (AvgIpc) is 3.57. The Bertz CT molecular complexity index is 1360. The standard InChI is InChI=1S/C29H33N5O3/c1-29(2,3)37-28(36)34-24-11-9-21(15-24)26(34)27(35)32-23(16-30)13-18-5-7-19(8-6-18)20-10-12-25-22(14-20)17-31-33(25)4/h5-8,10,12,14,17,21,23-24,26H,9,11,13,15H2,1-4H3,(H,32,35). The van der Waals surface area contributed by atoms with Crippen molar-refractivity contribution in [2.75, 3.05) is 0 Å². The molecule has 1 aromatic heterocycles. The van der Waals surface area contributed by atoms with Crippen LogP contribution in [0, 0.1) is 17.2 Å². The third-order valence-corrected chi connectivity index (χ3v) is 7.40. The molecule has 2 fully saturated rings. The van der Waals surface area contributed by atoms with E-state index in [4.69, 9.17) is 4.74 Å². The molecule has 2 amide bonds. The molecule has 2 heterocycles. The van der Waals surface area contributed by atoms with E-state index in [1.807, 2.05) is 63.0 Å². The number of nitrogens with zero attached hydrogens (tertiary/aromatic N) is 4. The summed E-state index contributed by atoms with van der Waals surface area (Å²) in [4.78, 5) is 27.8. The van der Waals surface area contributed by atoms with Crippen LogP contribution in [-0.2, 0) is 23.0 Å². The summed E-state index contributed by atoms with van der Waals surface area (Å²) in [5.41, 5.74) is 3.56. The molecule has 0 spiro atoms. The lowest BCUT2D eigenvalue weighted by Gasteiger charge is -2.35. The van der Waals surface area contributed by atoms with Crippen molar-refractivity contribution in [3.8, 4) is 17.2 Å². The molecule has 2 aliphatic rings. The summed E-state index contributed by atoms with van der Waals surface area (Å²) in [5, 5.41) is 18.1. The molecule has 5 rings (SSSR count). The van der Waals surface area contributed by atoms with Gasteiger partial charge in [-0.2, -0.15) is 10.4 Å². The Morgan fingerprint density at radius 3 is 2.59 bits per heavy atom. The molecule has 8 heteroatoms. The second-order valence-electron chi connectivity index (χ2n) is 11.2. The molecular weight excluding hydrogens is 466 g/mol. The fraction of sp³-hybridized carbons (Fsp3) is 0.448. The summed E-state index contributed by atoms with van der Waals surface area (Å²) >= 11 is 0. The molecule has 1 aliphatic heterocycles. The molecule has 3 aromatic rings. The molecule has 1 saturated carbocycles. The summed E-state index contributed by atoms with van der Waals surface area (Å²) in [6.45, 7) is 5.47. The molecular formula is C29H33N5O3. The highest BCUT2D eigenvalue weighted by Gasteiger charge is 2.52. The van der Waals surface area contributed by atoms with Crippen LogP contribution < -0.4 is 5.32 Å². The zero-order valence-electron chi connectivity index (χ0n) is 21.8. The van der Waals surface area contributed by atoms with Crippen molar-refractivity contribution in [3.05, 3.63) is 54.2 Å². The van der Waals surface area contributed by atoms with E-state index in [0.29, 0.717) is 6.42 Å². The lowest BCUT2D eigenvalue weighted by molar-refractivity contribution is -0.128. The van der Waals surface area contributed by atoms with Crippen LogP contribution in [0.2, 0.25) is 0 Å². The summed E-state index contributed by atoms with van der Waals surface area (Å²) in [5.74, 6) is -0.167. The number of carbonyl (C=O) groups is 2. The van der Waals surface area contributed by atoms with E-state index in [9.17, 15) is 14.9 Å². The fourth-order valence-electron chi connectivity index (χ4n) is 5.70. The van der Waals surface area contributed by atoms with Gasteiger partial charge in [0.2, 0.25) is 5.91 Å². The van der Waals surface area contributed by atoms with Crippen LogP contribution in [0.25, 0.3) is 22.0 Å². The van der Waals surface area contributed by atoms with E-state index in [-0.39, 0.29) is 17.9 Å². The van der Waals surface area contributed by atoms with Gasteiger partial charge in [0, 0.05) is 24.9 Å². The number of benzene rings is 2. The molecule has 192 valence electrons. The van der Waals surface area contributed by atoms with Crippen molar-refractivity contribution >= 4 is 22.9 Å². The largest absolute Gasteiger partial charge is 0.444 e. The van der Waals surface area contributed by atoms with Crippen molar-refractivity contribution in [3.63, 3.8) is 0 Å². The quantitative estimate of drug-likeness (QED) is 0.554. The van der Waals surface area contributed by atoms with Crippen LogP contribution >= 0.6 is 0 Å². The number of nitriles is 1. The van der Waals surface area contributed by atoms with Gasteiger partial charge in [0.1, 0.15) is 17.7 Å². The number of amides is 2. The van der Waals surface area contributed by atoms with Crippen LogP contribution in [0.4, 0.5) is 4.79 Å². The maximum atomic E-state index is 13.3. The predicted octanol–water partition coefficient (Wildman–Crippen LogP) is 4.58. The third kappa shape index (κ3) is 5.04. The first-order valence-corrected chi connectivity index (χ1v) is 12.9. The van der Waals surface area contributed by atoms with Gasteiger partial charge < -0.3 is 10.1 Å². The van der Waals surface area contributed by atoms with Crippen molar-refractivity contribution in [1.29, 1.82) is 5.26 Å². The van der Waals surface area contributed by atoms with Gasteiger partial charge in [-0.25, -0.2) is 4.79 Å². The van der Waals surface area contributed by atoms with Gasteiger partial charge in [-0.1, -0.05) is 30.3 Å². The monoisotopic (exact) mass is 499 g/mol. The number of aromatic nitrogens is 2. The molecule has 8 nitrogen and oxygen atoms in total. The first kappa shape index (κ1) is 24.8. The van der Waals surface area contributed by atoms with Crippen LogP contribution in [-0.4, -0.2) is 50.4 Å². The Hall–Kier alpha value is -3.86. The molecule has 0 radical (unpaired) electrons. The summed E-state index contributed by atoms with van der Waals surface area (Å²) in [7, 11) is 1.92. The van der Waals surface area contributed by atoms with Crippen LogP contribution in [0.5, 0.6) is 0 Å². The number of rotatable bonds is 5. The highest BCUT2D eigenvalue weighted by molar-refractivity contribution is 5.88. The second-order valence-corrected chi connectivity index (χ2v) is 11.2. The van der Waals surface area contributed by atoms with Crippen LogP contribution in [0.1, 0.15) is 45.6 Å². The minimum atomic E-state index is -0.690. The Balaban J connectivity index is 1.25. The van der Waals surface area contributed by atoms with Gasteiger partial charge in [0.25, 0.3) is 0 Å². The summed E-state index contributed by atoms with van der Waals surface area (Å²) < 4.78 is 7.44. The first-order chi connectivity index (χ1) is 17.6. The Labute approximate surface area is 217 Å². The summed E-state index contributed by atoms with van der Waals surface area (Å²) in [6.07, 6.45) is 4.39. The number of hydrogen-bond donors (Lipinski definition) is 1. The van der Waals surface area contributed by atoms with E-state index in [1.165, 1.54) is 0 Å². The Kier molecular flexibility index (Phi) is 6.40. The SMILES string of the molecule is Cn1ncc2cc(-c3ccc(CC(C#N)NC(=O)C4C5CCC(C5)N4C(=O)OC(C)(C)C)cc3)ccc21. The van der Waals surface area contributed by atoms with E-state index in [1.54, 1.807) is 4.90 Å². The smallest absolute Gasteiger partial charge is 0.411 e. The maximum absolute atomic E-state index is 13.3. The molecule has 1 saturated heterocycles. The van der Waals surface area contributed by atoms with E-state index < -0.39 is 23.8 Å². The van der Waals surface area contributed by atoms with Gasteiger partial charge in [-0.3, -0.25) is 14.4 Å². The number of aryl methyl sites for hydroxylation is 1. The number of nitrogens with one attached hydrogen (secondary N) is 1. The first-order valence-electron chi connectivity index (χ1n) is 12.9. The van der Waals surface area contributed by atoms with E-state index >= 15 is 0 Å². The molecule has 4 unspecified atom stereocenters. The molecule has 1 N–H and O–H groups in total. The van der Waals surface area contributed by atoms with Crippen molar-refractivity contribution in [2.45, 2.75) is 70.2 Å². The number of fused-ring (bicyclic) bond motifs is 3. The lowest BCUT2D eigenvalue weighted by Crippen LogP contribution is -2.55. The predicted molar refractivity (Wildman–Crippen MR) is 140 cm³/mol. The van der Waals surface area contributed by atoms with Crippen molar-refractivity contribution in [1.82, 2.24) is 20.0 Å². The van der Waals surface area contributed by atoms with Crippen LogP contribution in [0.15, 0.2) is 48.7 Å². The lowest BCUT2D eigenvalue weighted by atomic mass is 9.97. The summed E-state index contributed by atoms with van der Waals surface area (Å²) in [6, 6.07) is 15.3. The van der Waals surface area contributed by atoms with Crippen molar-refractivity contribution in [2.24, 2.45) is 13.0 Å². The third-order valence-electron chi connectivity index (χ3n) is 7.40. The van der Waals surface area contributed by atoms with Gasteiger partial charge >= 0.3 is 6.09 Å². The topological polar surface area (TPSA) is 100 Å². The normalized spacial score (nSPS) is 21.6. The number of ether oxygens (including phenoxy) is 1. The highest BCUT2D eigenvalue weighted by Crippen LogP contribution is 2.43. The molecule has 2 aromatic carbocycles. The fourth-order valence-corrected chi connectivity index (χ4v) is 5.70. The average molecular weight is 500 g/mol. The maximum Gasteiger partial charge on any atom is 0.411 e. The molecule has 1 aliphatic carbocycles. The number of piperidine rings is 1. The second kappa shape index (κ2) is 9.55. The zero-order valence-corrected chi connectivity index (χ0v) is 21.8. The van der Waals surface area contributed by atoms with E-state index in [2.05, 4.69) is 34.7 Å². The highest BCUT2D eigenvalue weighted by atomic mass is 16.6.